The van der Waals surface area contributed by atoms with Crippen molar-refractivity contribution in [3.8, 4) is 0 Å². The molecule has 0 saturated carbocycles. The first-order valence-corrected chi connectivity index (χ1v) is 6.04. The smallest absolute Gasteiger partial charge is 0.139 e. The highest BCUT2D eigenvalue weighted by molar-refractivity contribution is 9.10. The number of halogens is 1. The molecular formula is C10H16BrN3. The Morgan fingerprint density at radius 1 is 1.57 bits per heavy atom. The molecule has 0 radical (unpaired) electrons. The fourth-order valence-electron chi connectivity index (χ4n) is 1.84. The van der Waals surface area contributed by atoms with Gasteiger partial charge < -0.3 is 5.32 Å². The van der Waals surface area contributed by atoms with Gasteiger partial charge in [-0.2, -0.15) is 5.10 Å². The van der Waals surface area contributed by atoms with Gasteiger partial charge in [-0.15, -0.1) is 0 Å². The van der Waals surface area contributed by atoms with Crippen LogP contribution < -0.4 is 5.32 Å². The molecule has 1 N–H and O–H groups in total. The maximum Gasteiger partial charge on any atom is 0.139 e. The Morgan fingerprint density at radius 2 is 2.36 bits per heavy atom. The summed E-state index contributed by atoms with van der Waals surface area (Å²) in [6.45, 7) is 6.49. The zero-order chi connectivity index (χ0) is 10.1. The van der Waals surface area contributed by atoms with Crippen LogP contribution in [0.3, 0.4) is 0 Å². The van der Waals surface area contributed by atoms with Crippen molar-refractivity contribution in [2.75, 3.05) is 11.9 Å². The van der Waals surface area contributed by atoms with E-state index in [0.717, 1.165) is 41.4 Å². The molecule has 1 aromatic heterocycles. The summed E-state index contributed by atoms with van der Waals surface area (Å²) in [6.07, 6.45) is 2.20. The number of fused-ring (bicyclic) bond motifs is 1. The van der Waals surface area contributed by atoms with E-state index in [0.29, 0.717) is 0 Å². The summed E-state index contributed by atoms with van der Waals surface area (Å²) in [5, 5.41) is 8.01. The number of hydrogen-bond donors (Lipinski definition) is 1. The molecule has 14 heavy (non-hydrogen) atoms. The van der Waals surface area contributed by atoms with Crippen LogP contribution in [0.15, 0.2) is 4.47 Å². The SMILES string of the molecule is CCc1nn2c(c1Br)NCC(CC)C2. The number of hydrogen-bond acceptors (Lipinski definition) is 2. The van der Waals surface area contributed by atoms with Crippen molar-refractivity contribution in [2.24, 2.45) is 5.92 Å². The van der Waals surface area contributed by atoms with Crippen molar-refractivity contribution in [2.45, 2.75) is 33.2 Å². The first-order valence-electron chi connectivity index (χ1n) is 5.25. The predicted octanol–water partition coefficient (Wildman–Crippen LogP) is 2.66. The highest BCUT2D eigenvalue weighted by atomic mass is 79.9. The standard InChI is InChI=1S/C10H16BrN3/c1-3-7-5-12-10-9(11)8(4-2)13-14(10)6-7/h7,12H,3-6H2,1-2H3. The van der Waals surface area contributed by atoms with Crippen molar-refractivity contribution in [3.63, 3.8) is 0 Å². The number of rotatable bonds is 2. The number of anilines is 1. The van der Waals surface area contributed by atoms with Gasteiger partial charge in [-0.25, -0.2) is 4.68 Å². The molecule has 0 amide bonds. The molecule has 2 heterocycles. The summed E-state index contributed by atoms with van der Waals surface area (Å²) < 4.78 is 3.25. The minimum absolute atomic E-state index is 0.721. The van der Waals surface area contributed by atoms with E-state index in [1.54, 1.807) is 0 Å². The van der Waals surface area contributed by atoms with E-state index in [-0.39, 0.29) is 0 Å². The highest BCUT2D eigenvalue weighted by Gasteiger charge is 2.21. The molecule has 0 spiro atoms. The maximum atomic E-state index is 4.57. The second-order valence-corrected chi connectivity index (χ2v) is 4.59. The fourth-order valence-corrected chi connectivity index (χ4v) is 2.54. The molecule has 1 aromatic rings. The number of nitrogens with zero attached hydrogens (tertiary/aromatic N) is 2. The molecule has 0 saturated heterocycles. The van der Waals surface area contributed by atoms with E-state index in [1.807, 2.05) is 0 Å². The maximum absolute atomic E-state index is 4.57. The van der Waals surface area contributed by atoms with Gasteiger partial charge in [0.05, 0.1) is 10.2 Å². The second-order valence-electron chi connectivity index (χ2n) is 3.80. The first kappa shape index (κ1) is 10.0. The van der Waals surface area contributed by atoms with Gasteiger partial charge in [-0.05, 0) is 34.7 Å². The van der Waals surface area contributed by atoms with Crippen molar-refractivity contribution >= 4 is 21.7 Å². The van der Waals surface area contributed by atoms with E-state index in [1.165, 1.54) is 6.42 Å². The van der Waals surface area contributed by atoms with Crippen LogP contribution in [-0.2, 0) is 13.0 Å². The van der Waals surface area contributed by atoms with Gasteiger partial charge in [-0.1, -0.05) is 13.8 Å². The van der Waals surface area contributed by atoms with Gasteiger partial charge >= 0.3 is 0 Å². The van der Waals surface area contributed by atoms with E-state index >= 15 is 0 Å². The monoisotopic (exact) mass is 257 g/mol. The average molecular weight is 258 g/mol. The molecule has 3 nitrogen and oxygen atoms in total. The molecule has 1 aliphatic heterocycles. The molecule has 0 aromatic carbocycles. The van der Waals surface area contributed by atoms with Gasteiger partial charge in [0.25, 0.3) is 0 Å². The lowest BCUT2D eigenvalue weighted by Crippen LogP contribution is -2.27. The number of aromatic nitrogens is 2. The van der Waals surface area contributed by atoms with Crippen LogP contribution in [0.25, 0.3) is 0 Å². The largest absolute Gasteiger partial charge is 0.369 e. The van der Waals surface area contributed by atoms with Gasteiger partial charge in [-0.3, -0.25) is 0 Å². The minimum atomic E-state index is 0.721. The topological polar surface area (TPSA) is 29.9 Å². The number of nitrogens with one attached hydrogen (secondary N) is 1. The van der Waals surface area contributed by atoms with Crippen molar-refractivity contribution in [1.82, 2.24) is 9.78 Å². The Bertz CT molecular complexity index is 332. The van der Waals surface area contributed by atoms with Crippen LogP contribution in [0.1, 0.15) is 26.0 Å². The average Bonchev–Trinajstić information content (AvgIpc) is 2.55. The van der Waals surface area contributed by atoms with Crippen molar-refractivity contribution in [3.05, 3.63) is 10.2 Å². The molecule has 1 atom stereocenters. The Balaban J connectivity index is 2.30. The summed E-state index contributed by atoms with van der Waals surface area (Å²) in [7, 11) is 0. The summed E-state index contributed by atoms with van der Waals surface area (Å²) >= 11 is 3.59. The summed E-state index contributed by atoms with van der Waals surface area (Å²) in [5.74, 6) is 1.88. The highest BCUT2D eigenvalue weighted by Crippen LogP contribution is 2.30. The van der Waals surface area contributed by atoms with Crippen molar-refractivity contribution < 1.29 is 0 Å². The predicted molar refractivity (Wildman–Crippen MR) is 61.6 cm³/mol. The normalized spacial score (nSPS) is 20.4. The van der Waals surface area contributed by atoms with E-state index in [4.69, 9.17) is 0 Å². The zero-order valence-corrected chi connectivity index (χ0v) is 10.3. The molecule has 2 rings (SSSR count). The number of aryl methyl sites for hydroxylation is 1. The van der Waals surface area contributed by atoms with Gasteiger partial charge in [0.15, 0.2) is 0 Å². The Hall–Kier alpha value is -0.510. The Labute approximate surface area is 93.0 Å². The lowest BCUT2D eigenvalue weighted by atomic mass is 10.1. The van der Waals surface area contributed by atoms with Crippen LogP contribution in [0.5, 0.6) is 0 Å². The Kier molecular flexibility index (Phi) is 2.81. The lowest BCUT2D eigenvalue weighted by molar-refractivity contribution is 0.402. The summed E-state index contributed by atoms with van der Waals surface area (Å²) in [5.41, 5.74) is 1.16. The molecule has 0 fully saturated rings. The molecule has 0 aliphatic carbocycles. The Morgan fingerprint density at radius 3 is 3.00 bits per heavy atom. The molecule has 78 valence electrons. The zero-order valence-electron chi connectivity index (χ0n) is 8.68. The first-order chi connectivity index (χ1) is 6.76. The van der Waals surface area contributed by atoms with Crippen LogP contribution in [0.2, 0.25) is 0 Å². The van der Waals surface area contributed by atoms with Gasteiger partial charge in [0.1, 0.15) is 5.82 Å². The third-order valence-corrected chi connectivity index (χ3v) is 3.70. The summed E-state index contributed by atoms with van der Waals surface area (Å²) in [4.78, 5) is 0. The molecular weight excluding hydrogens is 242 g/mol. The van der Waals surface area contributed by atoms with Crippen LogP contribution in [-0.4, -0.2) is 16.3 Å². The van der Waals surface area contributed by atoms with Crippen LogP contribution in [0.4, 0.5) is 5.82 Å². The molecule has 4 heteroatoms. The third kappa shape index (κ3) is 1.56. The quantitative estimate of drug-likeness (QED) is 0.883. The molecule has 1 aliphatic rings. The lowest BCUT2D eigenvalue weighted by Gasteiger charge is -2.23. The van der Waals surface area contributed by atoms with Gasteiger partial charge in [0, 0.05) is 13.1 Å². The summed E-state index contributed by atoms with van der Waals surface area (Å²) in [6, 6.07) is 0. The minimum Gasteiger partial charge on any atom is -0.369 e. The van der Waals surface area contributed by atoms with Gasteiger partial charge in [0.2, 0.25) is 0 Å². The van der Waals surface area contributed by atoms with Crippen LogP contribution >= 0.6 is 15.9 Å². The van der Waals surface area contributed by atoms with Crippen LogP contribution in [0, 0.1) is 5.92 Å². The molecule has 1 unspecified atom stereocenters. The van der Waals surface area contributed by atoms with E-state index in [2.05, 4.69) is 44.9 Å². The third-order valence-electron chi connectivity index (χ3n) is 2.86. The van der Waals surface area contributed by atoms with E-state index < -0.39 is 0 Å². The molecule has 0 bridgehead atoms. The second kappa shape index (κ2) is 3.93. The fraction of sp³-hybridized carbons (Fsp3) is 0.700. The van der Waals surface area contributed by atoms with E-state index in [9.17, 15) is 0 Å². The van der Waals surface area contributed by atoms with Crippen molar-refractivity contribution in [1.29, 1.82) is 0 Å².